The fourth-order valence-corrected chi connectivity index (χ4v) is 4.88. The number of nitrogens with one attached hydrogen (secondary N) is 2. The first-order valence-corrected chi connectivity index (χ1v) is 12.3. The summed E-state index contributed by atoms with van der Waals surface area (Å²) in [6.07, 6.45) is 1.86. The molecule has 7 nitrogen and oxygen atoms in total. The fourth-order valence-electron chi connectivity index (χ4n) is 4.88. The molecule has 2 aliphatic heterocycles. The molecular formula is C27H34FN5O2. The number of carbonyl (C=O) groups is 1. The quantitative estimate of drug-likeness (QED) is 0.655. The zero-order valence-corrected chi connectivity index (χ0v) is 20.7. The molecule has 0 aromatic heterocycles. The fraction of sp³-hybridized carbons (Fsp3) is 0.481. The van der Waals surface area contributed by atoms with E-state index in [4.69, 9.17) is 4.74 Å². The lowest BCUT2D eigenvalue weighted by atomic mass is 9.97. The van der Waals surface area contributed by atoms with Crippen LogP contribution >= 0.6 is 0 Å². The zero-order valence-electron chi connectivity index (χ0n) is 20.7. The van der Waals surface area contributed by atoms with E-state index in [1.165, 1.54) is 6.07 Å². The largest absolute Gasteiger partial charge is 0.381 e. The molecule has 2 aliphatic rings. The average molecular weight is 480 g/mol. The summed E-state index contributed by atoms with van der Waals surface area (Å²) in [6, 6.07) is 10.7. The summed E-state index contributed by atoms with van der Waals surface area (Å²) in [5.74, 6) is -0.617. The summed E-state index contributed by atoms with van der Waals surface area (Å²) >= 11 is 0. The molecule has 0 saturated carbocycles. The molecule has 35 heavy (non-hydrogen) atoms. The number of amides is 1. The van der Waals surface area contributed by atoms with E-state index in [2.05, 4.69) is 28.7 Å². The zero-order chi connectivity index (χ0) is 24.9. The summed E-state index contributed by atoms with van der Waals surface area (Å²) in [6.45, 7) is 7.92. The number of halogens is 1. The molecule has 2 fully saturated rings. The minimum Gasteiger partial charge on any atom is -0.381 e. The Labute approximate surface area is 206 Å². The lowest BCUT2D eigenvalue weighted by Gasteiger charge is -2.32. The standard InChI is InChI=1S/C27H34FN5O2/c1-18-20(17-29)5-4-6-22(18)19(2)30-27(34)23-15-26(33-11-13-35-14-12-33)24(28)16-25(23)31-21-7-9-32(3)10-8-21/h4-6,15-16,19,21,31H,7-14H2,1-3H3,(H,30,34)/t19-/m1/s1. The Bertz CT molecular complexity index is 1100. The highest BCUT2D eigenvalue weighted by atomic mass is 19.1. The van der Waals surface area contributed by atoms with Gasteiger partial charge in [-0.3, -0.25) is 4.79 Å². The summed E-state index contributed by atoms with van der Waals surface area (Å²) in [5.41, 5.74) is 3.68. The van der Waals surface area contributed by atoms with E-state index < -0.39 is 0 Å². The van der Waals surface area contributed by atoms with Crippen molar-refractivity contribution in [1.82, 2.24) is 10.2 Å². The van der Waals surface area contributed by atoms with E-state index in [1.807, 2.05) is 30.9 Å². The number of morpholine rings is 1. The van der Waals surface area contributed by atoms with E-state index >= 15 is 4.39 Å². The molecule has 0 spiro atoms. The molecule has 0 bridgehead atoms. The van der Waals surface area contributed by atoms with E-state index in [0.717, 1.165) is 37.1 Å². The maximum Gasteiger partial charge on any atom is 0.253 e. The van der Waals surface area contributed by atoms with Gasteiger partial charge in [0.1, 0.15) is 5.82 Å². The van der Waals surface area contributed by atoms with Crippen molar-refractivity contribution in [2.24, 2.45) is 0 Å². The van der Waals surface area contributed by atoms with E-state index in [0.29, 0.717) is 48.8 Å². The number of hydrogen-bond acceptors (Lipinski definition) is 6. The number of hydrogen-bond donors (Lipinski definition) is 2. The Morgan fingerprint density at radius 1 is 1.20 bits per heavy atom. The second kappa shape index (κ2) is 11.1. The van der Waals surface area contributed by atoms with Crippen molar-refractivity contribution in [3.05, 3.63) is 58.4 Å². The van der Waals surface area contributed by atoms with Crippen LogP contribution in [-0.2, 0) is 4.74 Å². The van der Waals surface area contributed by atoms with Gasteiger partial charge < -0.3 is 25.2 Å². The lowest BCUT2D eigenvalue weighted by Crippen LogP contribution is -2.38. The Hall–Kier alpha value is -3.15. The van der Waals surface area contributed by atoms with Crippen LogP contribution in [-0.4, -0.2) is 63.3 Å². The van der Waals surface area contributed by atoms with Gasteiger partial charge in [0, 0.05) is 19.1 Å². The molecular weight excluding hydrogens is 445 g/mol. The highest BCUT2D eigenvalue weighted by Crippen LogP contribution is 2.30. The van der Waals surface area contributed by atoms with Gasteiger partial charge in [-0.1, -0.05) is 12.1 Å². The van der Waals surface area contributed by atoms with Crippen molar-refractivity contribution in [2.45, 2.75) is 38.8 Å². The topological polar surface area (TPSA) is 80.6 Å². The summed E-state index contributed by atoms with van der Waals surface area (Å²) in [5, 5.41) is 15.9. The second-order valence-corrected chi connectivity index (χ2v) is 9.50. The molecule has 2 N–H and O–H groups in total. The molecule has 186 valence electrons. The third-order valence-corrected chi connectivity index (χ3v) is 7.07. The Balaban J connectivity index is 1.63. The van der Waals surface area contributed by atoms with Crippen LogP contribution in [0.25, 0.3) is 0 Å². The average Bonchev–Trinajstić information content (AvgIpc) is 2.86. The lowest BCUT2D eigenvalue weighted by molar-refractivity contribution is 0.0940. The molecule has 4 rings (SSSR count). The van der Waals surface area contributed by atoms with Crippen molar-refractivity contribution in [3.8, 4) is 6.07 Å². The second-order valence-electron chi connectivity index (χ2n) is 9.50. The van der Waals surface area contributed by atoms with Crippen molar-refractivity contribution in [1.29, 1.82) is 5.26 Å². The number of nitrogens with zero attached hydrogens (tertiary/aromatic N) is 3. The van der Waals surface area contributed by atoms with Crippen molar-refractivity contribution < 1.29 is 13.9 Å². The molecule has 2 aromatic rings. The van der Waals surface area contributed by atoms with Crippen LogP contribution in [0.5, 0.6) is 0 Å². The minimum atomic E-state index is -0.343. The first-order chi connectivity index (χ1) is 16.9. The number of anilines is 2. The van der Waals surface area contributed by atoms with Gasteiger partial charge >= 0.3 is 0 Å². The molecule has 2 heterocycles. The van der Waals surface area contributed by atoms with Crippen LogP contribution in [0.3, 0.4) is 0 Å². The van der Waals surface area contributed by atoms with Crippen molar-refractivity contribution in [2.75, 3.05) is 56.7 Å². The van der Waals surface area contributed by atoms with Gasteiger partial charge in [0.2, 0.25) is 0 Å². The molecule has 1 amide bonds. The van der Waals surface area contributed by atoms with Gasteiger partial charge in [0.05, 0.1) is 47.8 Å². The van der Waals surface area contributed by atoms with E-state index in [9.17, 15) is 10.1 Å². The molecule has 0 radical (unpaired) electrons. The number of carbonyl (C=O) groups excluding carboxylic acids is 1. The molecule has 2 saturated heterocycles. The maximum atomic E-state index is 15.3. The van der Waals surface area contributed by atoms with Crippen LogP contribution < -0.4 is 15.5 Å². The SMILES string of the molecule is Cc1c(C#N)cccc1[C@@H](C)NC(=O)c1cc(N2CCOCC2)c(F)cc1NC1CCN(C)CC1. The molecule has 1 atom stereocenters. The highest BCUT2D eigenvalue weighted by molar-refractivity contribution is 6.01. The summed E-state index contributed by atoms with van der Waals surface area (Å²) < 4.78 is 20.7. The van der Waals surface area contributed by atoms with Crippen molar-refractivity contribution in [3.63, 3.8) is 0 Å². The van der Waals surface area contributed by atoms with Crippen LogP contribution in [0.2, 0.25) is 0 Å². The molecule has 0 unspecified atom stereocenters. The smallest absolute Gasteiger partial charge is 0.253 e. The number of ether oxygens (including phenoxy) is 1. The number of rotatable bonds is 6. The van der Waals surface area contributed by atoms with Gasteiger partial charge in [0.15, 0.2) is 0 Å². The Morgan fingerprint density at radius 3 is 2.60 bits per heavy atom. The van der Waals surface area contributed by atoms with Crippen LogP contribution in [0.4, 0.5) is 15.8 Å². The predicted octanol–water partition coefficient (Wildman–Crippen LogP) is 3.84. The van der Waals surface area contributed by atoms with E-state index in [-0.39, 0.29) is 23.8 Å². The first-order valence-electron chi connectivity index (χ1n) is 12.3. The van der Waals surface area contributed by atoms with Crippen molar-refractivity contribution >= 4 is 17.3 Å². The summed E-state index contributed by atoms with van der Waals surface area (Å²) in [4.78, 5) is 17.8. The van der Waals surface area contributed by atoms with Gasteiger partial charge in [-0.25, -0.2) is 4.39 Å². The van der Waals surface area contributed by atoms with Gasteiger partial charge in [0.25, 0.3) is 5.91 Å². The Morgan fingerprint density at radius 2 is 1.91 bits per heavy atom. The predicted molar refractivity (Wildman–Crippen MR) is 135 cm³/mol. The van der Waals surface area contributed by atoms with Gasteiger partial charge in [-0.2, -0.15) is 5.26 Å². The van der Waals surface area contributed by atoms with Crippen LogP contribution in [0, 0.1) is 24.1 Å². The van der Waals surface area contributed by atoms with Gasteiger partial charge in [-0.15, -0.1) is 0 Å². The normalized spacial score (nSPS) is 18.1. The number of benzene rings is 2. The van der Waals surface area contributed by atoms with Crippen LogP contribution in [0.1, 0.15) is 52.9 Å². The van der Waals surface area contributed by atoms with Gasteiger partial charge in [-0.05, 0) is 76.2 Å². The highest BCUT2D eigenvalue weighted by Gasteiger charge is 2.25. The van der Waals surface area contributed by atoms with E-state index in [1.54, 1.807) is 12.1 Å². The number of likely N-dealkylation sites (tertiary alicyclic amines) is 1. The number of nitriles is 1. The summed E-state index contributed by atoms with van der Waals surface area (Å²) in [7, 11) is 2.09. The maximum absolute atomic E-state index is 15.3. The first kappa shape index (κ1) is 25.0. The minimum absolute atomic E-state index is 0.179. The third kappa shape index (κ3) is 5.75. The molecule has 0 aliphatic carbocycles. The monoisotopic (exact) mass is 479 g/mol. The van der Waals surface area contributed by atoms with Crippen LogP contribution in [0.15, 0.2) is 30.3 Å². The third-order valence-electron chi connectivity index (χ3n) is 7.07. The molecule has 2 aromatic carbocycles. The molecule has 8 heteroatoms. The Kier molecular flexibility index (Phi) is 7.89. The number of piperidine rings is 1.